The van der Waals surface area contributed by atoms with Gasteiger partial charge in [-0.25, -0.2) is 4.99 Å². The van der Waals surface area contributed by atoms with Crippen LogP contribution in [0.4, 0.5) is 5.69 Å². The first-order chi connectivity index (χ1) is 15.8. The summed E-state index contributed by atoms with van der Waals surface area (Å²) in [5, 5.41) is 3.96. The van der Waals surface area contributed by atoms with E-state index < -0.39 is 0 Å². The van der Waals surface area contributed by atoms with Gasteiger partial charge in [-0.05, 0) is 104 Å². The molecule has 3 aromatic carbocycles. The lowest BCUT2D eigenvalue weighted by Gasteiger charge is -2.12. The van der Waals surface area contributed by atoms with Gasteiger partial charge in [0.2, 0.25) is 0 Å². The number of hydrogen-bond donors (Lipinski definition) is 1. The van der Waals surface area contributed by atoms with Crippen molar-refractivity contribution in [3.63, 3.8) is 0 Å². The molecule has 1 aliphatic heterocycles. The summed E-state index contributed by atoms with van der Waals surface area (Å²) >= 11 is 22.7. The molecule has 10 heteroatoms. The van der Waals surface area contributed by atoms with Gasteiger partial charge in [-0.3, -0.25) is 4.79 Å². The third-order valence-electron chi connectivity index (χ3n) is 4.42. The molecule has 0 spiro atoms. The first-order valence-electron chi connectivity index (χ1n) is 9.40. The molecule has 1 heterocycles. The molecule has 0 bridgehead atoms. The molecule has 0 unspecified atom stereocenters. The highest BCUT2D eigenvalue weighted by molar-refractivity contribution is 14.1. The summed E-state index contributed by atoms with van der Waals surface area (Å²) in [6, 6.07) is 17.0. The van der Waals surface area contributed by atoms with E-state index in [0.29, 0.717) is 32.4 Å². The molecule has 1 saturated heterocycles. The molecule has 168 valence electrons. The minimum atomic E-state index is -0.224. The molecule has 4 rings (SSSR count). The van der Waals surface area contributed by atoms with E-state index in [-0.39, 0.29) is 5.91 Å². The lowest BCUT2D eigenvalue weighted by atomic mass is 10.2. The zero-order valence-electron chi connectivity index (χ0n) is 16.5. The number of nitrogens with one attached hydrogen (secondary N) is 1. The number of hydrogen-bond acceptors (Lipinski definition) is 4. The van der Waals surface area contributed by atoms with Crippen molar-refractivity contribution in [2.45, 2.75) is 6.61 Å². The van der Waals surface area contributed by atoms with Crippen LogP contribution >= 0.6 is 89.4 Å². The van der Waals surface area contributed by atoms with Crippen LogP contribution in [0.1, 0.15) is 11.1 Å². The minimum Gasteiger partial charge on any atom is -0.487 e. The van der Waals surface area contributed by atoms with Crippen LogP contribution in [0, 0.1) is 3.57 Å². The van der Waals surface area contributed by atoms with Crippen molar-refractivity contribution in [2.75, 3.05) is 0 Å². The van der Waals surface area contributed by atoms with Crippen molar-refractivity contribution < 1.29 is 9.53 Å². The van der Waals surface area contributed by atoms with E-state index in [1.807, 2.05) is 42.5 Å². The van der Waals surface area contributed by atoms with Gasteiger partial charge < -0.3 is 10.1 Å². The van der Waals surface area contributed by atoms with Crippen molar-refractivity contribution >= 4 is 112 Å². The highest BCUT2D eigenvalue weighted by atomic mass is 127. The molecule has 0 saturated carbocycles. The summed E-state index contributed by atoms with van der Waals surface area (Å²) in [6.07, 6.45) is 1.81. The number of aliphatic imine (C=N–C) groups is 1. The molecule has 0 atom stereocenters. The van der Waals surface area contributed by atoms with Gasteiger partial charge in [0.15, 0.2) is 5.17 Å². The number of carbonyl (C=O) groups excluding carboxylic acids is 1. The Morgan fingerprint density at radius 1 is 1.12 bits per heavy atom. The molecular weight excluding hydrogens is 726 g/mol. The maximum atomic E-state index is 12.5. The van der Waals surface area contributed by atoms with Gasteiger partial charge in [0.1, 0.15) is 12.4 Å². The fourth-order valence-electron chi connectivity index (χ4n) is 2.86. The van der Waals surface area contributed by atoms with Crippen molar-refractivity contribution in [1.82, 2.24) is 5.32 Å². The summed E-state index contributed by atoms with van der Waals surface area (Å²) < 4.78 is 8.78. The summed E-state index contributed by atoms with van der Waals surface area (Å²) in [5.41, 5.74) is 2.43. The zero-order valence-corrected chi connectivity index (χ0v) is 24.2. The predicted molar refractivity (Wildman–Crippen MR) is 153 cm³/mol. The van der Waals surface area contributed by atoms with Crippen molar-refractivity contribution in [2.24, 2.45) is 4.99 Å². The molecule has 4 nitrogen and oxygen atoms in total. The minimum absolute atomic E-state index is 0.224. The van der Waals surface area contributed by atoms with Crippen LogP contribution in [0.3, 0.4) is 0 Å². The second kappa shape index (κ2) is 11.1. The van der Waals surface area contributed by atoms with E-state index in [1.54, 1.807) is 18.2 Å². The normalized spacial score (nSPS) is 15.8. The molecule has 1 amide bonds. The second-order valence-corrected chi connectivity index (χ2v) is 11.5. The molecule has 0 aromatic heterocycles. The van der Waals surface area contributed by atoms with Gasteiger partial charge in [0, 0.05) is 4.47 Å². The predicted octanol–water partition coefficient (Wildman–Crippen LogP) is 8.59. The number of ether oxygens (including phenoxy) is 1. The van der Waals surface area contributed by atoms with Crippen LogP contribution in [0.25, 0.3) is 6.08 Å². The molecule has 3 aromatic rings. The van der Waals surface area contributed by atoms with Crippen LogP contribution < -0.4 is 10.1 Å². The lowest BCUT2D eigenvalue weighted by molar-refractivity contribution is -0.115. The Labute approximate surface area is 235 Å². The molecule has 1 fully saturated rings. The quantitative estimate of drug-likeness (QED) is 0.211. The van der Waals surface area contributed by atoms with E-state index >= 15 is 0 Å². The maximum absolute atomic E-state index is 12.5. The van der Waals surface area contributed by atoms with Crippen LogP contribution in [0.15, 0.2) is 73.4 Å². The summed E-state index contributed by atoms with van der Waals surface area (Å²) in [6.45, 7) is 0.451. The highest BCUT2D eigenvalue weighted by Crippen LogP contribution is 2.36. The monoisotopic (exact) mass is 736 g/mol. The Hall–Kier alpha value is -1.04. The average Bonchev–Trinajstić information content (AvgIpc) is 3.10. The Kier molecular flexibility index (Phi) is 8.46. The maximum Gasteiger partial charge on any atom is 0.264 e. The molecule has 0 aliphatic carbocycles. The van der Waals surface area contributed by atoms with Crippen LogP contribution in [0.5, 0.6) is 5.75 Å². The standard InChI is InChI=1S/C23H13Br2Cl2IN2O2S/c24-14-6-4-12(5-7-14)11-32-21-15(25)8-13(9-17(21)28)10-19-22(31)30-23(33-19)29-18-3-1-2-16(26)20(18)27/h1-10H,11H2,(H,29,30,31)/b19-10-. The van der Waals surface area contributed by atoms with E-state index in [1.165, 1.54) is 11.8 Å². The first kappa shape index (κ1) is 25.1. The summed E-state index contributed by atoms with van der Waals surface area (Å²) in [7, 11) is 0. The van der Waals surface area contributed by atoms with Crippen LogP contribution in [0.2, 0.25) is 10.0 Å². The number of halogens is 5. The largest absolute Gasteiger partial charge is 0.487 e. The van der Waals surface area contributed by atoms with Gasteiger partial charge in [-0.1, -0.05) is 57.3 Å². The smallest absolute Gasteiger partial charge is 0.264 e. The Bertz CT molecular complexity index is 1280. The highest BCUT2D eigenvalue weighted by Gasteiger charge is 2.24. The Balaban J connectivity index is 1.51. The second-order valence-electron chi connectivity index (χ2n) is 6.78. The number of amidine groups is 1. The van der Waals surface area contributed by atoms with E-state index in [9.17, 15) is 4.79 Å². The Morgan fingerprint density at radius 2 is 1.88 bits per heavy atom. The number of amides is 1. The Morgan fingerprint density at radius 3 is 2.61 bits per heavy atom. The number of carbonyl (C=O) groups is 1. The number of thioether (sulfide) groups is 1. The van der Waals surface area contributed by atoms with Gasteiger partial charge >= 0.3 is 0 Å². The summed E-state index contributed by atoms with van der Waals surface area (Å²) in [5.74, 6) is 0.528. The number of benzene rings is 3. The molecule has 1 N–H and O–H groups in total. The molecule has 0 radical (unpaired) electrons. The van der Waals surface area contributed by atoms with Crippen LogP contribution in [-0.2, 0) is 11.4 Å². The zero-order chi connectivity index (χ0) is 23.5. The average molecular weight is 739 g/mol. The van der Waals surface area contributed by atoms with Gasteiger partial charge in [-0.2, -0.15) is 0 Å². The lowest BCUT2D eigenvalue weighted by Crippen LogP contribution is -2.19. The molecule has 33 heavy (non-hydrogen) atoms. The van der Waals surface area contributed by atoms with Crippen molar-refractivity contribution in [1.29, 1.82) is 0 Å². The third kappa shape index (κ3) is 6.35. The SMILES string of the molecule is O=C1NC(=Nc2cccc(Cl)c2Cl)S/C1=C\c1cc(Br)c(OCc2ccc(Br)cc2)c(I)c1. The fourth-order valence-corrected chi connectivity index (χ4v) is 6.06. The fraction of sp³-hybridized carbons (Fsp3) is 0.0435. The first-order valence-corrected chi connectivity index (χ1v) is 13.6. The van der Waals surface area contributed by atoms with E-state index in [4.69, 9.17) is 27.9 Å². The van der Waals surface area contributed by atoms with Gasteiger partial charge in [0.25, 0.3) is 5.91 Å². The number of nitrogens with zero attached hydrogens (tertiary/aromatic N) is 1. The molecular formula is C23H13Br2Cl2IN2O2S. The van der Waals surface area contributed by atoms with E-state index in [2.05, 4.69) is 64.8 Å². The van der Waals surface area contributed by atoms with Crippen molar-refractivity contribution in [3.05, 3.63) is 93.2 Å². The van der Waals surface area contributed by atoms with E-state index in [0.717, 1.165) is 29.4 Å². The van der Waals surface area contributed by atoms with Gasteiger partial charge in [-0.15, -0.1) is 0 Å². The summed E-state index contributed by atoms with van der Waals surface area (Å²) in [4.78, 5) is 17.4. The molecule has 1 aliphatic rings. The van der Waals surface area contributed by atoms with Gasteiger partial charge in [0.05, 0.1) is 28.7 Å². The third-order valence-corrected chi connectivity index (χ3v) is 8.06. The van der Waals surface area contributed by atoms with Crippen molar-refractivity contribution in [3.8, 4) is 5.75 Å². The number of rotatable bonds is 5. The van der Waals surface area contributed by atoms with Crippen LogP contribution in [-0.4, -0.2) is 11.1 Å². The topological polar surface area (TPSA) is 50.7 Å².